The zero-order valence-electron chi connectivity index (χ0n) is 11.7. The molecule has 0 aliphatic rings. The summed E-state index contributed by atoms with van der Waals surface area (Å²) in [6.45, 7) is 6.10. The van der Waals surface area contributed by atoms with E-state index < -0.39 is 0 Å². The van der Waals surface area contributed by atoms with Gasteiger partial charge in [0, 0.05) is 5.69 Å². The summed E-state index contributed by atoms with van der Waals surface area (Å²) in [5, 5.41) is 6.72. The van der Waals surface area contributed by atoms with E-state index in [2.05, 4.69) is 26.5 Å². The molecule has 7 heteroatoms. The van der Waals surface area contributed by atoms with Gasteiger partial charge in [-0.1, -0.05) is 11.2 Å². The minimum Gasteiger partial charge on any atom is -0.370 e. The number of nitrogens with one attached hydrogen (secondary N) is 1. The molecule has 0 amide bonds. The Hall–Kier alpha value is -1.64. The number of nitrogens with zero attached hydrogens (tertiary/aromatic N) is 3. The van der Waals surface area contributed by atoms with Crippen LogP contribution in [0.3, 0.4) is 0 Å². The van der Waals surface area contributed by atoms with Crippen LogP contribution in [0.5, 0.6) is 0 Å². The summed E-state index contributed by atoms with van der Waals surface area (Å²) in [5.74, 6) is 1.36. The minimum atomic E-state index is 0. The number of anilines is 1. The summed E-state index contributed by atoms with van der Waals surface area (Å²) in [5.41, 5.74) is 9.07. The van der Waals surface area contributed by atoms with E-state index in [0.717, 1.165) is 5.69 Å². The predicted molar refractivity (Wildman–Crippen MR) is 89.3 cm³/mol. The number of benzene rings is 1. The molecule has 0 radical (unpaired) electrons. The fraction of sp³-hybridized carbons (Fsp3) is 0.308. The first-order chi connectivity index (χ1) is 9.02. The molecule has 0 bridgehead atoms. The number of aryl methyl sites for hydroxylation is 3. The van der Waals surface area contributed by atoms with Crippen LogP contribution in [0.1, 0.15) is 22.8 Å². The number of halogens is 1. The molecule has 1 aromatic heterocycles. The van der Waals surface area contributed by atoms with Crippen molar-refractivity contribution in [2.45, 2.75) is 27.3 Å². The van der Waals surface area contributed by atoms with Crippen LogP contribution in [0.2, 0.25) is 0 Å². The van der Waals surface area contributed by atoms with E-state index in [9.17, 15) is 0 Å². The summed E-state index contributed by atoms with van der Waals surface area (Å²) >= 11 is 0. The smallest absolute Gasteiger partial charge is 0.248 e. The maximum absolute atomic E-state index is 5.81. The van der Waals surface area contributed by atoms with Gasteiger partial charge in [0.2, 0.25) is 5.89 Å². The Bertz CT molecular complexity index is 588. The van der Waals surface area contributed by atoms with Gasteiger partial charge in [-0.15, -0.1) is 24.0 Å². The quantitative estimate of drug-likeness (QED) is 0.480. The SMILES string of the molecule is Cc1cc(C)cc(NC(N)=NCc2nc(C)no2)c1.I. The lowest BCUT2D eigenvalue weighted by Gasteiger charge is -2.07. The Labute approximate surface area is 134 Å². The molecule has 2 aromatic rings. The number of aromatic nitrogens is 2. The normalized spacial score (nSPS) is 11.1. The summed E-state index contributed by atoms with van der Waals surface area (Å²) < 4.78 is 4.95. The lowest BCUT2D eigenvalue weighted by atomic mass is 10.1. The van der Waals surface area contributed by atoms with E-state index in [1.807, 2.05) is 26.0 Å². The third kappa shape index (κ3) is 4.80. The molecule has 6 nitrogen and oxygen atoms in total. The monoisotopic (exact) mass is 387 g/mol. The van der Waals surface area contributed by atoms with Crippen LogP contribution in [-0.2, 0) is 6.54 Å². The summed E-state index contributed by atoms with van der Waals surface area (Å²) in [6.07, 6.45) is 0. The van der Waals surface area contributed by atoms with Gasteiger partial charge in [0.05, 0.1) is 0 Å². The fourth-order valence-electron chi connectivity index (χ4n) is 1.79. The Morgan fingerprint density at radius 2 is 1.90 bits per heavy atom. The van der Waals surface area contributed by atoms with Gasteiger partial charge in [0.25, 0.3) is 0 Å². The van der Waals surface area contributed by atoms with E-state index >= 15 is 0 Å². The van der Waals surface area contributed by atoms with Crippen molar-refractivity contribution in [3.8, 4) is 0 Å². The lowest BCUT2D eigenvalue weighted by molar-refractivity contribution is 0.376. The van der Waals surface area contributed by atoms with Crippen LogP contribution in [0.15, 0.2) is 27.7 Å². The average Bonchev–Trinajstić information content (AvgIpc) is 2.71. The van der Waals surface area contributed by atoms with Gasteiger partial charge >= 0.3 is 0 Å². The largest absolute Gasteiger partial charge is 0.370 e. The Kier molecular flexibility index (Phi) is 5.93. The topological polar surface area (TPSA) is 89.3 Å². The molecule has 0 aliphatic heterocycles. The first kappa shape index (κ1) is 16.4. The van der Waals surface area contributed by atoms with Gasteiger partial charge < -0.3 is 15.6 Å². The van der Waals surface area contributed by atoms with Crippen LogP contribution in [0, 0.1) is 20.8 Å². The second kappa shape index (κ2) is 7.22. The molecule has 3 N–H and O–H groups in total. The number of hydrogen-bond donors (Lipinski definition) is 2. The third-order valence-electron chi connectivity index (χ3n) is 2.45. The molecule has 0 spiro atoms. The van der Waals surface area contributed by atoms with Crippen molar-refractivity contribution in [3.63, 3.8) is 0 Å². The molecule has 0 unspecified atom stereocenters. The van der Waals surface area contributed by atoms with Crippen molar-refractivity contribution in [1.29, 1.82) is 0 Å². The second-order valence-corrected chi connectivity index (χ2v) is 4.44. The van der Waals surface area contributed by atoms with Gasteiger partial charge in [0.15, 0.2) is 11.8 Å². The fourth-order valence-corrected chi connectivity index (χ4v) is 1.79. The highest BCUT2D eigenvalue weighted by molar-refractivity contribution is 14.0. The lowest BCUT2D eigenvalue weighted by Crippen LogP contribution is -2.22. The molecule has 0 saturated carbocycles. The first-order valence-corrected chi connectivity index (χ1v) is 5.97. The van der Waals surface area contributed by atoms with Crippen LogP contribution < -0.4 is 11.1 Å². The van der Waals surface area contributed by atoms with Crippen LogP contribution in [0.4, 0.5) is 5.69 Å². The van der Waals surface area contributed by atoms with Crippen LogP contribution in [0.25, 0.3) is 0 Å². The molecule has 108 valence electrons. The molecule has 20 heavy (non-hydrogen) atoms. The average molecular weight is 387 g/mol. The highest BCUT2D eigenvalue weighted by atomic mass is 127. The Morgan fingerprint density at radius 3 is 2.45 bits per heavy atom. The number of nitrogens with two attached hydrogens (primary N) is 1. The molecule has 0 fully saturated rings. The molecule has 0 aliphatic carbocycles. The Balaban J connectivity index is 0.00000200. The first-order valence-electron chi connectivity index (χ1n) is 5.97. The number of rotatable bonds is 3. The van der Waals surface area contributed by atoms with E-state index in [1.54, 1.807) is 6.92 Å². The van der Waals surface area contributed by atoms with Crippen LogP contribution >= 0.6 is 24.0 Å². The predicted octanol–water partition coefficient (Wildman–Crippen LogP) is 2.54. The number of guanidine groups is 1. The van der Waals surface area contributed by atoms with Crippen molar-refractivity contribution >= 4 is 35.6 Å². The van der Waals surface area contributed by atoms with Crippen molar-refractivity contribution in [2.24, 2.45) is 10.7 Å². The van der Waals surface area contributed by atoms with E-state index in [0.29, 0.717) is 17.7 Å². The zero-order chi connectivity index (χ0) is 13.8. The van der Waals surface area contributed by atoms with Gasteiger partial charge in [-0.05, 0) is 44.0 Å². The molecule has 1 aromatic carbocycles. The van der Waals surface area contributed by atoms with Crippen molar-refractivity contribution in [2.75, 3.05) is 5.32 Å². The number of aliphatic imine (C=N–C) groups is 1. The standard InChI is InChI=1S/C13H17N5O.HI/c1-8-4-9(2)6-11(5-8)17-13(14)15-7-12-16-10(3)18-19-12;/h4-6H,7H2,1-3H3,(H3,14,15,17);1H. The van der Waals surface area contributed by atoms with Gasteiger partial charge in [-0.25, -0.2) is 4.99 Å². The number of hydrogen-bond acceptors (Lipinski definition) is 4. The Morgan fingerprint density at radius 1 is 1.25 bits per heavy atom. The van der Waals surface area contributed by atoms with Crippen molar-refractivity contribution in [3.05, 3.63) is 41.0 Å². The van der Waals surface area contributed by atoms with E-state index in [1.165, 1.54) is 11.1 Å². The summed E-state index contributed by atoms with van der Waals surface area (Å²) in [6, 6.07) is 6.11. The zero-order valence-corrected chi connectivity index (χ0v) is 14.0. The van der Waals surface area contributed by atoms with E-state index in [-0.39, 0.29) is 30.5 Å². The molecule has 0 atom stereocenters. The second-order valence-electron chi connectivity index (χ2n) is 4.44. The molecule has 0 saturated heterocycles. The highest BCUT2D eigenvalue weighted by Gasteiger charge is 2.02. The van der Waals surface area contributed by atoms with E-state index in [4.69, 9.17) is 10.3 Å². The molecular formula is C13H18IN5O. The van der Waals surface area contributed by atoms with Gasteiger partial charge in [0.1, 0.15) is 6.54 Å². The maximum atomic E-state index is 5.81. The van der Waals surface area contributed by atoms with Gasteiger partial charge in [-0.3, -0.25) is 0 Å². The molecular weight excluding hydrogens is 369 g/mol. The van der Waals surface area contributed by atoms with Crippen LogP contribution in [-0.4, -0.2) is 16.1 Å². The minimum absolute atomic E-state index is 0. The molecule has 1 heterocycles. The third-order valence-corrected chi connectivity index (χ3v) is 2.45. The van der Waals surface area contributed by atoms with Gasteiger partial charge in [-0.2, -0.15) is 4.98 Å². The summed E-state index contributed by atoms with van der Waals surface area (Å²) in [4.78, 5) is 8.20. The van der Waals surface area contributed by atoms with Crippen molar-refractivity contribution < 1.29 is 4.52 Å². The maximum Gasteiger partial charge on any atom is 0.248 e. The highest BCUT2D eigenvalue weighted by Crippen LogP contribution is 2.13. The summed E-state index contributed by atoms with van der Waals surface area (Å²) in [7, 11) is 0. The molecule has 2 rings (SSSR count). The van der Waals surface area contributed by atoms with Crippen molar-refractivity contribution in [1.82, 2.24) is 10.1 Å².